The zero-order valence-electron chi connectivity index (χ0n) is 9.05. The van der Waals surface area contributed by atoms with E-state index in [0.717, 1.165) is 15.6 Å². The lowest BCUT2D eigenvalue weighted by molar-refractivity contribution is 0.0504. The molecule has 0 spiro atoms. The first kappa shape index (κ1) is 12.7. The largest absolute Gasteiger partial charge is 0.462 e. The summed E-state index contributed by atoms with van der Waals surface area (Å²) >= 11 is 2.17. The van der Waals surface area contributed by atoms with Crippen LogP contribution in [0.2, 0.25) is 6.04 Å². The summed E-state index contributed by atoms with van der Waals surface area (Å²) in [4.78, 5) is 11.6. The SMILES string of the molecule is Cc1ccc(C(=O)OCCC[SiH3])c(I)c1. The Kier molecular flexibility index (Phi) is 5.31. The summed E-state index contributed by atoms with van der Waals surface area (Å²) < 4.78 is 6.13. The molecule has 4 heteroatoms. The predicted octanol–water partition coefficient (Wildman–Crippen LogP) is 1.93. The van der Waals surface area contributed by atoms with Gasteiger partial charge in [0.05, 0.1) is 12.2 Å². The van der Waals surface area contributed by atoms with Crippen LogP contribution in [0.5, 0.6) is 0 Å². The van der Waals surface area contributed by atoms with Crippen LogP contribution in [-0.2, 0) is 4.74 Å². The number of benzene rings is 1. The molecule has 0 aliphatic carbocycles. The minimum absolute atomic E-state index is 0.200. The van der Waals surface area contributed by atoms with E-state index in [0.29, 0.717) is 12.2 Å². The van der Waals surface area contributed by atoms with Gasteiger partial charge in [0.2, 0.25) is 0 Å². The third kappa shape index (κ3) is 3.94. The van der Waals surface area contributed by atoms with Gasteiger partial charge in [-0.05, 0) is 48.1 Å². The Morgan fingerprint density at radius 1 is 1.53 bits per heavy atom. The molecule has 15 heavy (non-hydrogen) atoms. The molecule has 0 amide bonds. The van der Waals surface area contributed by atoms with Crippen LogP contribution >= 0.6 is 22.6 Å². The lowest BCUT2D eigenvalue weighted by atomic mass is 10.1. The third-order valence-electron chi connectivity index (χ3n) is 2.08. The van der Waals surface area contributed by atoms with E-state index < -0.39 is 0 Å². The van der Waals surface area contributed by atoms with Gasteiger partial charge in [-0.15, -0.1) is 0 Å². The number of carbonyl (C=O) groups is 1. The van der Waals surface area contributed by atoms with Crippen LogP contribution in [0.25, 0.3) is 0 Å². The summed E-state index contributed by atoms with van der Waals surface area (Å²) in [5.41, 5.74) is 1.84. The summed E-state index contributed by atoms with van der Waals surface area (Å²) in [5, 5.41) is 0. The number of carbonyl (C=O) groups excluding carboxylic acids is 1. The number of aryl methyl sites for hydroxylation is 1. The van der Waals surface area contributed by atoms with Crippen LogP contribution in [0.3, 0.4) is 0 Å². The lowest BCUT2D eigenvalue weighted by Crippen LogP contribution is -2.08. The summed E-state index contributed by atoms with van der Waals surface area (Å²) in [5.74, 6) is -0.200. The van der Waals surface area contributed by atoms with Crippen molar-refractivity contribution in [3.63, 3.8) is 0 Å². The average Bonchev–Trinajstić information content (AvgIpc) is 2.17. The van der Waals surface area contributed by atoms with Crippen LogP contribution in [0.15, 0.2) is 18.2 Å². The highest BCUT2D eigenvalue weighted by atomic mass is 127. The number of halogens is 1. The number of rotatable bonds is 4. The summed E-state index contributed by atoms with van der Waals surface area (Å²) in [6.07, 6.45) is 0.987. The third-order valence-corrected chi connectivity index (χ3v) is 3.68. The van der Waals surface area contributed by atoms with Gasteiger partial charge in [0.25, 0.3) is 0 Å². The Balaban J connectivity index is 2.65. The van der Waals surface area contributed by atoms with Crippen molar-refractivity contribution in [2.24, 2.45) is 0 Å². The topological polar surface area (TPSA) is 26.3 Å². The maximum atomic E-state index is 11.6. The normalized spacial score (nSPS) is 10.3. The van der Waals surface area contributed by atoms with Gasteiger partial charge in [-0.25, -0.2) is 4.79 Å². The molecule has 0 atom stereocenters. The van der Waals surface area contributed by atoms with Crippen molar-refractivity contribution < 1.29 is 9.53 Å². The minimum atomic E-state index is -0.200. The molecule has 0 bridgehead atoms. The van der Waals surface area contributed by atoms with Crippen molar-refractivity contribution in [1.82, 2.24) is 0 Å². The number of hydrogen-bond acceptors (Lipinski definition) is 2. The Hall–Kier alpha value is -0.363. The van der Waals surface area contributed by atoms with Gasteiger partial charge < -0.3 is 4.74 Å². The van der Waals surface area contributed by atoms with Crippen molar-refractivity contribution in [1.29, 1.82) is 0 Å². The van der Waals surface area contributed by atoms with E-state index in [1.165, 1.54) is 16.3 Å². The standard InChI is InChI=1S/C11H15IO2Si/c1-8-3-4-9(10(12)7-8)11(13)14-5-2-6-15/h3-4,7H,2,5-6H2,1,15H3. The molecule has 0 aliphatic heterocycles. The molecule has 0 fully saturated rings. The van der Waals surface area contributed by atoms with Crippen molar-refractivity contribution in [3.8, 4) is 0 Å². The molecule has 1 aromatic rings. The van der Waals surface area contributed by atoms with Crippen molar-refractivity contribution in [2.45, 2.75) is 19.4 Å². The van der Waals surface area contributed by atoms with Gasteiger partial charge >= 0.3 is 5.97 Å². The van der Waals surface area contributed by atoms with Gasteiger partial charge in [-0.1, -0.05) is 17.7 Å². The average molecular weight is 334 g/mol. The van der Waals surface area contributed by atoms with Crippen molar-refractivity contribution >= 4 is 38.8 Å². The second-order valence-electron chi connectivity index (χ2n) is 3.47. The predicted molar refractivity (Wildman–Crippen MR) is 73.5 cm³/mol. The Morgan fingerprint density at radius 2 is 2.27 bits per heavy atom. The van der Waals surface area contributed by atoms with E-state index in [2.05, 4.69) is 22.6 Å². The van der Waals surface area contributed by atoms with E-state index in [1.807, 2.05) is 25.1 Å². The number of esters is 1. The molecular weight excluding hydrogens is 319 g/mol. The second-order valence-corrected chi connectivity index (χ2v) is 5.63. The fourth-order valence-corrected chi connectivity index (χ4v) is 2.35. The Morgan fingerprint density at radius 3 is 2.87 bits per heavy atom. The monoisotopic (exact) mass is 334 g/mol. The van der Waals surface area contributed by atoms with E-state index in [1.54, 1.807) is 0 Å². The van der Waals surface area contributed by atoms with E-state index in [-0.39, 0.29) is 5.97 Å². The molecule has 0 radical (unpaired) electrons. The maximum absolute atomic E-state index is 11.6. The maximum Gasteiger partial charge on any atom is 0.339 e. The first-order chi connectivity index (χ1) is 7.15. The quantitative estimate of drug-likeness (QED) is 0.364. The highest BCUT2D eigenvalue weighted by Crippen LogP contribution is 2.15. The zero-order chi connectivity index (χ0) is 11.3. The molecule has 1 rings (SSSR count). The zero-order valence-corrected chi connectivity index (χ0v) is 13.2. The lowest BCUT2D eigenvalue weighted by Gasteiger charge is -2.06. The molecule has 0 aromatic heterocycles. The van der Waals surface area contributed by atoms with E-state index >= 15 is 0 Å². The number of ether oxygens (including phenoxy) is 1. The van der Waals surface area contributed by atoms with Crippen molar-refractivity contribution in [2.75, 3.05) is 6.61 Å². The fourth-order valence-electron chi connectivity index (χ4n) is 1.17. The Bertz CT molecular complexity index is 352. The molecular formula is C11H15IO2Si. The van der Waals surface area contributed by atoms with Gasteiger partial charge in [0.15, 0.2) is 0 Å². The molecule has 0 saturated heterocycles. The molecule has 0 heterocycles. The van der Waals surface area contributed by atoms with Gasteiger partial charge in [-0.2, -0.15) is 0 Å². The smallest absolute Gasteiger partial charge is 0.339 e. The molecule has 82 valence electrons. The Labute approximate surface area is 107 Å². The first-order valence-electron chi connectivity index (χ1n) is 5.08. The van der Waals surface area contributed by atoms with Gasteiger partial charge in [0, 0.05) is 13.8 Å². The highest BCUT2D eigenvalue weighted by Gasteiger charge is 2.10. The van der Waals surface area contributed by atoms with E-state index in [9.17, 15) is 4.79 Å². The molecule has 2 nitrogen and oxygen atoms in total. The molecule has 0 aliphatic rings. The molecule has 0 saturated carbocycles. The van der Waals surface area contributed by atoms with Crippen LogP contribution in [-0.4, -0.2) is 22.8 Å². The van der Waals surface area contributed by atoms with E-state index in [4.69, 9.17) is 4.74 Å². The van der Waals surface area contributed by atoms with Crippen LogP contribution in [0, 0.1) is 10.5 Å². The highest BCUT2D eigenvalue weighted by molar-refractivity contribution is 14.1. The second kappa shape index (κ2) is 6.27. The van der Waals surface area contributed by atoms with Crippen LogP contribution in [0.1, 0.15) is 22.3 Å². The van der Waals surface area contributed by atoms with Crippen LogP contribution in [0.4, 0.5) is 0 Å². The van der Waals surface area contributed by atoms with Gasteiger partial charge in [0.1, 0.15) is 0 Å². The number of hydrogen-bond donors (Lipinski definition) is 0. The van der Waals surface area contributed by atoms with Crippen molar-refractivity contribution in [3.05, 3.63) is 32.9 Å². The summed E-state index contributed by atoms with van der Waals surface area (Å²) in [7, 11) is 1.17. The first-order valence-corrected chi connectivity index (χ1v) is 7.57. The van der Waals surface area contributed by atoms with Crippen LogP contribution < -0.4 is 0 Å². The van der Waals surface area contributed by atoms with Gasteiger partial charge in [-0.3, -0.25) is 0 Å². The summed E-state index contributed by atoms with van der Waals surface area (Å²) in [6.45, 7) is 2.56. The molecule has 0 N–H and O–H groups in total. The fraction of sp³-hybridized carbons (Fsp3) is 0.364. The summed E-state index contributed by atoms with van der Waals surface area (Å²) in [6, 6.07) is 6.94. The molecule has 0 unspecified atom stereocenters. The minimum Gasteiger partial charge on any atom is -0.462 e. The molecule has 1 aromatic carbocycles.